The van der Waals surface area contributed by atoms with Crippen molar-refractivity contribution in [3.05, 3.63) is 22.3 Å². The molecule has 0 aromatic heterocycles. The van der Waals surface area contributed by atoms with E-state index in [0.717, 1.165) is 12.8 Å². The molecule has 3 heteroatoms. The van der Waals surface area contributed by atoms with Crippen LogP contribution in [0, 0.1) is 5.41 Å². The summed E-state index contributed by atoms with van der Waals surface area (Å²) >= 11 is 0. The fraction of sp³-hybridized carbons (Fsp3) is 0.615. The van der Waals surface area contributed by atoms with Gasteiger partial charge < -0.3 is 9.47 Å². The summed E-state index contributed by atoms with van der Waals surface area (Å²) in [5.41, 5.74) is 4.70. The average molecular weight is 220 g/mol. The summed E-state index contributed by atoms with van der Waals surface area (Å²) in [5, 5.41) is 0. The SMILES string of the molecule is CC1=C2COCC2=C(C)[C@@]2(CCOC2=O)C1. The molecule has 3 aliphatic rings. The maximum Gasteiger partial charge on any atom is 0.316 e. The number of hydrogen-bond acceptors (Lipinski definition) is 3. The number of allylic oxidation sites excluding steroid dienone is 1. The highest BCUT2D eigenvalue weighted by atomic mass is 16.5. The van der Waals surface area contributed by atoms with Gasteiger partial charge in [0.05, 0.1) is 25.2 Å². The second-order valence-electron chi connectivity index (χ2n) is 5.00. The summed E-state index contributed by atoms with van der Waals surface area (Å²) in [7, 11) is 0. The summed E-state index contributed by atoms with van der Waals surface area (Å²) in [6, 6.07) is 0. The molecule has 0 aromatic carbocycles. The van der Waals surface area contributed by atoms with Crippen LogP contribution >= 0.6 is 0 Å². The van der Waals surface area contributed by atoms with Crippen LogP contribution in [0.5, 0.6) is 0 Å². The van der Waals surface area contributed by atoms with E-state index in [1.54, 1.807) is 0 Å². The molecule has 0 unspecified atom stereocenters. The lowest BCUT2D eigenvalue weighted by molar-refractivity contribution is -0.144. The van der Waals surface area contributed by atoms with Gasteiger partial charge in [-0.1, -0.05) is 5.57 Å². The Morgan fingerprint density at radius 2 is 1.94 bits per heavy atom. The number of fused-ring (bicyclic) bond motifs is 1. The second-order valence-corrected chi connectivity index (χ2v) is 5.00. The molecule has 2 saturated heterocycles. The smallest absolute Gasteiger partial charge is 0.316 e. The van der Waals surface area contributed by atoms with Crippen molar-refractivity contribution in [2.24, 2.45) is 5.41 Å². The highest BCUT2D eigenvalue weighted by Crippen LogP contribution is 2.50. The molecule has 0 saturated carbocycles. The number of carbonyl (C=O) groups excluding carboxylic acids is 1. The van der Waals surface area contributed by atoms with Crippen LogP contribution in [0.25, 0.3) is 0 Å². The van der Waals surface area contributed by atoms with Crippen molar-refractivity contribution in [1.82, 2.24) is 0 Å². The lowest BCUT2D eigenvalue weighted by atomic mass is 9.68. The fourth-order valence-corrected chi connectivity index (χ4v) is 3.18. The van der Waals surface area contributed by atoms with Crippen molar-refractivity contribution in [1.29, 1.82) is 0 Å². The van der Waals surface area contributed by atoms with E-state index in [1.807, 2.05) is 0 Å². The number of rotatable bonds is 0. The van der Waals surface area contributed by atoms with Gasteiger partial charge in [0.25, 0.3) is 0 Å². The van der Waals surface area contributed by atoms with Gasteiger partial charge in [-0.25, -0.2) is 0 Å². The molecule has 0 bridgehead atoms. The number of carbonyl (C=O) groups is 1. The Morgan fingerprint density at radius 3 is 2.62 bits per heavy atom. The molecular weight excluding hydrogens is 204 g/mol. The normalized spacial score (nSPS) is 33.8. The standard InChI is InChI=1S/C13H16O3/c1-8-5-13(3-4-16-12(13)14)9(2)11-7-15-6-10(8)11/h3-7H2,1-2H3/t13-/m1/s1. The Bertz CT molecular complexity index is 430. The van der Waals surface area contributed by atoms with Crippen molar-refractivity contribution in [3.63, 3.8) is 0 Å². The molecule has 0 amide bonds. The topological polar surface area (TPSA) is 35.5 Å². The Balaban J connectivity index is 2.14. The molecule has 3 nitrogen and oxygen atoms in total. The van der Waals surface area contributed by atoms with Gasteiger partial charge in [0.1, 0.15) is 0 Å². The van der Waals surface area contributed by atoms with E-state index in [2.05, 4.69) is 13.8 Å². The number of hydrogen-bond donors (Lipinski definition) is 0. The molecule has 16 heavy (non-hydrogen) atoms. The van der Waals surface area contributed by atoms with Crippen molar-refractivity contribution < 1.29 is 14.3 Å². The number of cyclic esters (lactones) is 1. The van der Waals surface area contributed by atoms with Crippen LogP contribution in [0.2, 0.25) is 0 Å². The van der Waals surface area contributed by atoms with Crippen LogP contribution in [-0.4, -0.2) is 25.8 Å². The van der Waals surface area contributed by atoms with Crippen LogP contribution in [0.3, 0.4) is 0 Å². The molecule has 2 aliphatic heterocycles. The molecule has 0 aromatic rings. The molecule has 2 fully saturated rings. The molecule has 86 valence electrons. The van der Waals surface area contributed by atoms with Crippen LogP contribution in [0.15, 0.2) is 22.3 Å². The van der Waals surface area contributed by atoms with Gasteiger partial charge in [-0.2, -0.15) is 0 Å². The van der Waals surface area contributed by atoms with Gasteiger partial charge in [0.2, 0.25) is 0 Å². The Hall–Kier alpha value is -1.09. The Kier molecular flexibility index (Phi) is 2.02. The van der Waals surface area contributed by atoms with Crippen molar-refractivity contribution in [3.8, 4) is 0 Å². The van der Waals surface area contributed by atoms with Crippen molar-refractivity contribution >= 4 is 5.97 Å². The minimum atomic E-state index is -0.364. The lowest BCUT2D eigenvalue weighted by Gasteiger charge is -2.32. The zero-order valence-corrected chi connectivity index (χ0v) is 9.76. The summed E-state index contributed by atoms with van der Waals surface area (Å²) in [6.07, 6.45) is 1.64. The van der Waals surface area contributed by atoms with E-state index < -0.39 is 0 Å². The first-order valence-corrected chi connectivity index (χ1v) is 5.79. The minimum Gasteiger partial charge on any atom is -0.465 e. The zero-order valence-electron chi connectivity index (χ0n) is 9.76. The van der Waals surface area contributed by atoms with Gasteiger partial charge in [-0.3, -0.25) is 4.79 Å². The molecule has 1 aliphatic carbocycles. The van der Waals surface area contributed by atoms with E-state index >= 15 is 0 Å². The van der Waals surface area contributed by atoms with Crippen molar-refractivity contribution in [2.45, 2.75) is 26.7 Å². The third-order valence-corrected chi connectivity index (χ3v) is 4.26. The lowest BCUT2D eigenvalue weighted by Crippen LogP contribution is -2.32. The maximum atomic E-state index is 12.0. The van der Waals surface area contributed by atoms with Crippen LogP contribution < -0.4 is 0 Å². The van der Waals surface area contributed by atoms with E-state index in [4.69, 9.17) is 9.47 Å². The van der Waals surface area contributed by atoms with Crippen LogP contribution in [0.4, 0.5) is 0 Å². The largest absolute Gasteiger partial charge is 0.465 e. The van der Waals surface area contributed by atoms with E-state index in [0.29, 0.717) is 19.8 Å². The summed E-state index contributed by atoms with van der Waals surface area (Å²) < 4.78 is 10.7. The van der Waals surface area contributed by atoms with Gasteiger partial charge in [0.15, 0.2) is 0 Å². The zero-order chi connectivity index (χ0) is 11.3. The monoisotopic (exact) mass is 220 g/mol. The highest BCUT2D eigenvalue weighted by Gasteiger charge is 2.49. The summed E-state index contributed by atoms with van der Waals surface area (Å²) in [4.78, 5) is 12.0. The van der Waals surface area contributed by atoms with Gasteiger partial charge in [0, 0.05) is 6.42 Å². The first-order chi connectivity index (χ1) is 7.65. The van der Waals surface area contributed by atoms with Crippen LogP contribution in [0.1, 0.15) is 26.7 Å². The predicted molar refractivity (Wildman–Crippen MR) is 58.8 cm³/mol. The van der Waals surface area contributed by atoms with E-state index in [-0.39, 0.29) is 11.4 Å². The Labute approximate surface area is 95.1 Å². The third-order valence-electron chi connectivity index (χ3n) is 4.26. The molecular formula is C13H16O3. The molecule has 2 heterocycles. The van der Waals surface area contributed by atoms with Crippen LogP contribution in [-0.2, 0) is 14.3 Å². The quantitative estimate of drug-likeness (QED) is 0.586. The minimum absolute atomic E-state index is 0.0391. The first kappa shape index (κ1) is 10.1. The first-order valence-electron chi connectivity index (χ1n) is 5.79. The molecule has 1 atom stereocenters. The summed E-state index contributed by atoms with van der Waals surface area (Å²) in [6.45, 7) is 6.12. The molecule has 3 rings (SSSR count). The van der Waals surface area contributed by atoms with Gasteiger partial charge >= 0.3 is 5.97 Å². The van der Waals surface area contributed by atoms with Gasteiger partial charge in [-0.15, -0.1) is 0 Å². The molecule has 1 spiro atoms. The summed E-state index contributed by atoms with van der Waals surface area (Å²) in [5.74, 6) is -0.0391. The average Bonchev–Trinajstić information content (AvgIpc) is 2.84. The second kappa shape index (κ2) is 3.20. The van der Waals surface area contributed by atoms with E-state index in [1.165, 1.54) is 22.3 Å². The fourth-order valence-electron chi connectivity index (χ4n) is 3.18. The van der Waals surface area contributed by atoms with Gasteiger partial charge in [-0.05, 0) is 37.0 Å². The number of esters is 1. The maximum absolute atomic E-state index is 12.0. The highest BCUT2D eigenvalue weighted by molar-refractivity contribution is 5.84. The third kappa shape index (κ3) is 1.09. The molecule has 0 N–H and O–H groups in total. The van der Waals surface area contributed by atoms with E-state index in [9.17, 15) is 4.79 Å². The van der Waals surface area contributed by atoms with Crippen molar-refractivity contribution in [2.75, 3.05) is 19.8 Å². The number of ether oxygens (including phenoxy) is 2. The predicted octanol–water partition coefficient (Wildman–Crippen LogP) is 1.99. The molecule has 0 radical (unpaired) electrons. The Morgan fingerprint density at radius 1 is 1.19 bits per heavy atom.